The smallest absolute Gasteiger partial charge is 0.414 e. The maximum absolute atomic E-state index is 15.2. The maximum atomic E-state index is 15.2. The Hall–Kier alpha value is -3.17. The molecule has 2 saturated heterocycles. The Morgan fingerprint density at radius 2 is 2.00 bits per heavy atom. The molecule has 2 saturated carbocycles. The number of piperazine rings is 1. The van der Waals surface area contributed by atoms with Crippen molar-refractivity contribution in [3.05, 3.63) is 35.9 Å². The first-order valence-corrected chi connectivity index (χ1v) is 13.1. The second-order valence-electron chi connectivity index (χ2n) is 10.8. The van der Waals surface area contributed by atoms with Crippen LogP contribution >= 0.6 is 0 Å². The van der Waals surface area contributed by atoms with Gasteiger partial charge in [0.05, 0.1) is 30.2 Å². The molecule has 0 radical (unpaired) electrons. The summed E-state index contributed by atoms with van der Waals surface area (Å²) < 4.78 is 22.2. The molecular formula is C26H33FN6O3. The van der Waals surface area contributed by atoms with E-state index in [0.717, 1.165) is 17.5 Å². The molecule has 9 nitrogen and oxygen atoms in total. The highest BCUT2D eigenvalue weighted by molar-refractivity contribution is 5.90. The highest BCUT2D eigenvalue weighted by Gasteiger charge is 2.41. The van der Waals surface area contributed by atoms with Crippen molar-refractivity contribution in [2.45, 2.75) is 51.7 Å². The Morgan fingerprint density at radius 3 is 2.67 bits per heavy atom. The Kier molecular flexibility index (Phi) is 6.05. The van der Waals surface area contributed by atoms with Gasteiger partial charge in [0.15, 0.2) is 0 Å². The Bertz CT molecular complexity index is 1150. The molecule has 4 fully saturated rings. The van der Waals surface area contributed by atoms with Crippen LogP contribution in [-0.4, -0.2) is 70.7 Å². The van der Waals surface area contributed by atoms with E-state index in [0.29, 0.717) is 63.0 Å². The number of rotatable bonds is 6. The Morgan fingerprint density at radius 1 is 1.17 bits per heavy atom. The summed E-state index contributed by atoms with van der Waals surface area (Å²) >= 11 is 0. The van der Waals surface area contributed by atoms with Crippen molar-refractivity contribution in [3.63, 3.8) is 0 Å². The summed E-state index contributed by atoms with van der Waals surface area (Å²) in [5.41, 5.74) is 1.76. The van der Waals surface area contributed by atoms with E-state index in [-0.39, 0.29) is 17.8 Å². The van der Waals surface area contributed by atoms with Gasteiger partial charge < -0.3 is 14.5 Å². The molecule has 2 aromatic rings. The van der Waals surface area contributed by atoms with Gasteiger partial charge >= 0.3 is 6.09 Å². The third-order valence-electron chi connectivity index (χ3n) is 8.46. The van der Waals surface area contributed by atoms with Crippen LogP contribution in [-0.2, 0) is 16.1 Å². The number of amides is 2. The summed E-state index contributed by atoms with van der Waals surface area (Å²) in [6.07, 6.45) is 6.77. The molecule has 0 spiro atoms. The molecular weight excluding hydrogens is 463 g/mol. The van der Waals surface area contributed by atoms with Crippen LogP contribution in [0.1, 0.15) is 37.8 Å². The zero-order valence-electron chi connectivity index (χ0n) is 20.7. The van der Waals surface area contributed by atoms with E-state index < -0.39 is 6.09 Å². The first-order chi connectivity index (χ1) is 17.4. The van der Waals surface area contributed by atoms with Crippen molar-refractivity contribution >= 4 is 23.4 Å². The third kappa shape index (κ3) is 4.53. The van der Waals surface area contributed by atoms with E-state index >= 15 is 4.39 Å². The van der Waals surface area contributed by atoms with Crippen LogP contribution < -0.4 is 9.80 Å². The fourth-order valence-electron chi connectivity index (χ4n) is 6.62. The SMILES string of the molecule is Cc1cn(C[C@H]2CN(c3ccc(N4CCN(C(=O)CC5CC6CCC5C6)CC4)c(F)c3)C(=O)O2)nn1. The summed E-state index contributed by atoms with van der Waals surface area (Å²) in [7, 11) is 0. The summed E-state index contributed by atoms with van der Waals surface area (Å²) in [6, 6.07) is 4.87. The van der Waals surface area contributed by atoms with Crippen molar-refractivity contribution in [1.29, 1.82) is 0 Å². The number of hydrogen-bond donors (Lipinski definition) is 0. The van der Waals surface area contributed by atoms with E-state index in [1.807, 2.05) is 16.7 Å². The lowest BCUT2D eigenvalue weighted by Crippen LogP contribution is -2.49. The van der Waals surface area contributed by atoms with Gasteiger partial charge in [-0.25, -0.2) is 13.9 Å². The second-order valence-corrected chi connectivity index (χ2v) is 10.8. The number of hydrogen-bond acceptors (Lipinski definition) is 6. The number of carbonyl (C=O) groups excluding carboxylic acids is 2. The van der Waals surface area contributed by atoms with Gasteiger partial charge in [-0.05, 0) is 62.1 Å². The first-order valence-electron chi connectivity index (χ1n) is 13.1. The van der Waals surface area contributed by atoms with Crippen molar-refractivity contribution < 1.29 is 18.7 Å². The van der Waals surface area contributed by atoms with Gasteiger partial charge in [-0.1, -0.05) is 11.6 Å². The van der Waals surface area contributed by atoms with Crippen LogP contribution in [0.5, 0.6) is 0 Å². The monoisotopic (exact) mass is 496 g/mol. The molecule has 2 aliphatic heterocycles. The molecule has 2 bridgehead atoms. The molecule has 1 aromatic heterocycles. The molecule has 192 valence electrons. The van der Waals surface area contributed by atoms with E-state index in [1.54, 1.807) is 23.0 Å². The lowest BCUT2D eigenvalue weighted by Gasteiger charge is -2.37. The van der Waals surface area contributed by atoms with Crippen LogP contribution in [0.25, 0.3) is 0 Å². The predicted octanol–water partition coefficient (Wildman–Crippen LogP) is 3.23. The summed E-state index contributed by atoms with van der Waals surface area (Å²) in [4.78, 5) is 30.7. The van der Waals surface area contributed by atoms with Gasteiger partial charge in [0.2, 0.25) is 5.91 Å². The van der Waals surface area contributed by atoms with Gasteiger partial charge in [-0.2, -0.15) is 0 Å². The van der Waals surface area contributed by atoms with Crippen LogP contribution in [0.3, 0.4) is 0 Å². The number of benzene rings is 1. The average molecular weight is 497 g/mol. The zero-order chi connectivity index (χ0) is 24.8. The molecule has 2 aliphatic carbocycles. The number of cyclic esters (lactones) is 1. The van der Waals surface area contributed by atoms with E-state index in [4.69, 9.17) is 4.74 Å². The van der Waals surface area contributed by atoms with Gasteiger partial charge in [0.1, 0.15) is 11.9 Å². The highest BCUT2D eigenvalue weighted by atomic mass is 19.1. The van der Waals surface area contributed by atoms with Gasteiger partial charge in [-0.3, -0.25) is 9.69 Å². The van der Waals surface area contributed by atoms with E-state index in [1.165, 1.54) is 36.6 Å². The fourth-order valence-corrected chi connectivity index (χ4v) is 6.62. The molecule has 3 unspecified atom stereocenters. The minimum absolute atomic E-state index is 0.256. The topological polar surface area (TPSA) is 83.8 Å². The van der Waals surface area contributed by atoms with Crippen molar-refractivity contribution in [3.8, 4) is 0 Å². The van der Waals surface area contributed by atoms with Gasteiger partial charge in [0.25, 0.3) is 0 Å². The zero-order valence-corrected chi connectivity index (χ0v) is 20.7. The quantitative estimate of drug-likeness (QED) is 0.611. The predicted molar refractivity (Wildman–Crippen MR) is 131 cm³/mol. The molecule has 36 heavy (non-hydrogen) atoms. The van der Waals surface area contributed by atoms with Gasteiger partial charge in [0, 0.05) is 38.8 Å². The lowest BCUT2D eigenvalue weighted by molar-refractivity contribution is -0.132. The van der Waals surface area contributed by atoms with Crippen molar-refractivity contribution in [1.82, 2.24) is 19.9 Å². The largest absolute Gasteiger partial charge is 0.442 e. The number of halogens is 1. The molecule has 4 aliphatic rings. The molecule has 10 heteroatoms. The lowest BCUT2D eigenvalue weighted by atomic mass is 9.86. The third-order valence-corrected chi connectivity index (χ3v) is 8.46. The van der Waals surface area contributed by atoms with Crippen LogP contribution in [0.15, 0.2) is 24.4 Å². The summed E-state index contributed by atoms with van der Waals surface area (Å²) in [6.45, 7) is 4.99. The summed E-state index contributed by atoms with van der Waals surface area (Å²) in [5.74, 6) is 2.05. The fraction of sp³-hybridized carbons (Fsp3) is 0.615. The first kappa shape index (κ1) is 23.2. The highest BCUT2D eigenvalue weighted by Crippen LogP contribution is 2.49. The number of nitrogens with zero attached hydrogens (tertiary/aromatic N) is 6. The van der Waals surface area contributed by atoms with Gasteiger partial charge in [-0.15, -0.1) is 5.10 Å². The maximum Gasteiger partial charge on any atom is 0.414 e. The van der Waals surface area contributed by atoms with Crippen LogP contribution in [0, 0.1) is 30.5 Å². The standard InChI is InChI=1S/C26H33FN6O3/c1-17-14-32(29-28-17)15-22-16-33(26(35)36-22)21-4-5-24(23(27)13-21)30-6-8-31(9-7-30)25(34)12-20-11-18-2-3-19(20)10-18/h4-5,13-14,18-20,22H,2-3,6-12,15-16H2,1H3/t18?,19?,20?,22-/m0/s1. The molecule has 4 atom stereocenters. The number of ether oxygens (including phenoxy) is 1. The van der Waals surface area contributed by atoms with E-state index in [9.17, 15) is 9.59 Å². The Balaban J connectivity index is 1.03. The normalized spacial score (nSPS) is 27.7. The minimum Gasteiger partial charge on any atom is -0.442 e. The Labute approximate surface area is 210 Å². The number of aryl methyl sites for hydroxylation is 1. The molecule has 6 rings (SSSR count). The van der Waals surface area contributed by atoms with Crippen molar-refractivity contribution in [2.75, 3.05) is 42.5 Å². The molecule has 0 N–H and O–H groups in total. The number of carbonyl (C=O) groups is 2. The molecule has 1 aromatic carbocycles. The average Bonchev–Trinajstić information content (AvgIpc) is 3.65. The van der Waals surface area contributed by atoms with E-state index in [2.05, 4.69) is 10.3 Å². The molecule has 3 heterocycles. The van der Waals surface area contributed by atoms with Crippen LogP contribution in [0.2, 0.25) is 0 Å². The van der Waals surface area contributed by atoms with Crippen molar-refractivity contribution in [2.24, 2.45) is 17.8 Å². The number of anilines is 2. The number of aromatic nitrogens is 3. The molecule has 2 amide bonds. The summed E-state index contributed by atoms with van der Waals surface area (Å²) in [5, 5.41) is 7.95. The second kappa shape index (κ2) is 9.37. The minimum atomic E-state index is -0.494. The number of fused-ring (bicyclic) bond motifs is 2. The van der Waals surface area contributed by atoms with Crippen LogP contribution in [0.4, 0.5) is 20.6 Å².